The Balaban J connectivity index is 2.20. The Morgan fingerprint density at radius 3 is 2.72 bits per heavy atom. The molecule has 1 amide bonds. The summed E-state index contributed by atoms with van der Waals surface area (Å²) in [4.78, 5) is 15.2. The molecule has 1 aliphatic carbocycles. The van der Waals surface area contributed by atoms with Gasteiger partial charge in [-0.05, 0) is 24.3 Å². The predicted molar refractivity (Wildman–Crippen MR) is 79.4 cm³/mol. The van der Waals surface area contributed by atoms with Gasteiger partial charge in [0.15, 0.2) is 0 Å². The first-order valence-corrected chi connectivity index (χ1v) is 7.58. The average Bonchev–Trinajstić information content (AvgIpc) is 2.95. The molecule has 0 aromatic carbocycles. The van der Waals surface area contributed by atoms with Crippen molar-refractivity contribution in [2.24, 2.45) is 5.73 Å². The number of thiophene rings is 1. The van der Waals surface area contributed by atoms with Crippen LogP contribution < -0.4 is 5.73 Å². The van der Waals surface area contributed by atoms with E-state index < -0.39 is 0 Å². The third kappa shape index (κ3) is 3.02. The summed E-state index contributed by atoms with van der Waals surface area (Å²) in [5, 5.41) is 2.33. The molecule has 1 saturated carbocycles. The van der Waals surface area contributed by atoms with Crippen LogP contribution in [0.3, 0.4) is 0 Å². The molecule has 18 heavy (non-hydrogen) atoms. The molecule has 0 atom stereocenters. The zero-order valence-electron chi connectivity index (χ0n) is 9.89. The Morgan fingerprint density at radius 2 is 2.22 bits per heavy atom. The van der Waals surface area contributed by atoms with Gasteiger partial charge in [0.25, 0.3) is 5.91 Å². The van der Waals surface area contributed by atoms with Crippen LogP contribution in [0.15, 0.2) is 11.4 Å². The lowest BCUT2D eigenvalue weighted by Gasteiger charge is -2.28. The summed E-state index contributed by atoms with van der Waals surface area (Å²) in [5.74, 6) is -0.0466. The molecule has 1 heterocycles. The van der Waals surface area contributed by atoms with Gasteiger partial charge < -0.3 is 10.6 Å². The molecule has 0 aliphatic heterocycles. The lowest BCUT2D eigenvalue weighted by Crippen LogP contribution is -2.43. The highest BCUT2D eigenvalue weighted by Crippen LogP contribution is 2.28. The second-order valence-corrected chi connectivity index (χ2v) is 6.28. The Bertz CT molecular complexity index is 455. The number of carbonyl (C=O) groups is 1. The van der Waals surface area contributed by atoms with E-state index in [1.54, 1.807) is 11.0 Å². The van der Waals surface area contributed by atoms with Crippen LogP contribution in [-0.4, -0.2) is 28.4 Å². The highest BCUT2D eigenvalue weighted by atomic mass is 35.5. The molecule has 2 N–H and O–H groups in total. The van der Waals surface area contributed by atoms with Crippen LogP contribution in [-0.2, 0) is 0 Å². The second-order valence-electron chi connectivity index (χ2n) is 4.44. The first-order valence-electron chi connectivity index (χ1n) is 5.92. The summed E-state index contributed by atoms with van der Waals surface area (Å²) in [5.41, 5.74) is 5.60. The Morgan fingerprint density at radius 1 is 1.56 bits per heavy atom. The SMILES string of the molecule is NC(=S)CN(C(=O)c1sccc1Cl)C1CCCC1. The van der Waals surface area contributed by atoms with Gasteiger partial charge in [-0.1, -0.05) is 36.7 Å². The minimum absolute atomic E-state index is 0.0466. The summed E-state index contributed by atoms with van der Waals surface area (Å²) >= 11 is 12.3. The first-order chi connectivity index (χ1) is 8.59. The minimum atomic E-state index is -0.0466. The molecule has 6 heteroatoms. The maximum absolute atomic E-state index is 12.5. The van der Waals surface area contributed by atoms with Crippen molar-refractivity contribution in [3.05, 3.63) is 21.3 Å². The summed E-state index contributed by atoms with van der Waals surface area (Å²) in [6, 6.07) is 1.99. The van der Waals surface area contributed by atoms with E-state index in [4.69, 9.17) is 29.6 Å². The monoisotopic (exact) mass is 302 g/mol. The van der Waals surface area contributed by atoms with Crippen LogP contribution in [0, 0.1) is 0 Å². The number of carbonyl (C=O) groups excluding carboxylic acids is 1. The van der Waals surface area contributed by atoms with Crippen molar-refractivity contribution < 1.29 is 4.79 Å². The van der Waals surface area contributed by atoms with Crippen molar-refractivity contribution >= 4 is 46.1 Å². The average molecular weight is 303 g/mol. The van der Waals surface area contributed by atoms with Gasteiger partial charge in [-0.25, -0.2) is 0 Å². The highest BCUT2D eigenvalue weighted by Gasteiger charge is 2.29. The van der Waals surface area contributed by atoms with E-state index in [0.29, 0.717) is 21.4 Å². The molecule has 1 aromatic heterocycles. The van der Waals surface area contributed by atoms with E-state index >= 15 is 0 Å². The van der Waals surface area contributed by atoms with Crippen molar-refractivity contribution in [2.45, 2.75) is 31.7 Å². The fourth-order valence-corrected chi connectivity index (χ4v) is 3.56. The van der Waals surface area contributed by atoms with Crippen LogP contribution in [0.25, 0.3) is 0 Å². The zero-order valence-corrected chi connectivity index (χ0v) is 12.3. The molecule has 0 spiro atoms. The van der Waals surface area contributed by atoms with Crippen LogP contribution >= 0.6 is 35.2 Å². The maximum atomic E-state index is 12.5. The first kappa shape index (κ1) is 13.8. The molecular weight excluding hydrogens is 288 g/mol. The van der Waals surface area contributed by atoms with Crippen molar-refractivity contribution in [3.63, 3.8) is 0 Å². The van der Waals surface area contributed by atoms with Gasteiger partial charge in [0.2, 0.25) is 0 Å². The number of halogens is 1. The normalized spacial score (nSPS) is 15.8. The summed E-state index contributed by atoms with van der Waals surface area (Å²) in [6.45, 7) is 0.340. The van der Waals surface area contributed by atoms with Crippen LogP contribution in [0.2, 0.25) is 5.02 Å². The topological polar surface area (TPSA) is 46.3 Å². The van der Waals surface area contributed by atoms with E-state index in [1.165, 1.54) is 11.3 Å². The van der Waals surface area contributed by atoms with E-state index in [9.17, 15) is 4.79 Å². The molecule has 3 nitrogen and oxygen atoms in total. The summed E-state index contributed by atoms with van der Waals surface area (Å²) in [7, 11) is 0. The van der Waals surface area contributed by atoms with Crippen LogP contribution in [0.4, 0.5) is 0 Å². The predicted octanol–water partition coefficient (Wildman–Crippen LogP) is 3.07. The quantitative estimate of drug-likeness (QED) is 0.870. The molecule has 2 rings (SSSR count). The molecule has 1 aromatic rings. The van der Waals surface area contributed by atoms with Crippen LogP contribution in [0.5, 0.6) is 0 Å². The van der Waals surface area contributed by atoms with Crippen LogP contribution in [0.1, 0.15) is 35.4 Å². The molecule has 1 fully saturated rings. The van der Waals surface area contributed by atoms with Crippen molar-refractivity contribution in [2.75, 3.05) is 6.54 Å². The van der Waals surface area contributed by atoms with E-state index in [0.717, 1.165) is 25.7 Å². The van der Waals surface area contributed by atoms with Gasteiger partial charge >= 0.3 is 0 Å². The van der Waals surface area contributed by atoms with Gasteiger partial charge in [-0.2, -0.15) is 0 Å². The number of hydrogen-bond acceptors (Lipinski definition) is 3. The standard InChI is InChI=1S/C12H15ClN2OS2/c13-9-5-6-18-11(9)12(16)15(7-10(14)17)8-3-1-2-4-8/h5-6,8H,1-4,7H2,(H2,14,17). The van der Waals surface area contributed by atoms with Crippen molar-refractivity contribution in [1.82, 2.24) is 4.90 Å². The molecule has 0 bridgehead atoms. The molecule has 0 radical (unpaired) electrons. The molecule has 1 aliphatic rings. The van der Waals surface area contributed by atoms with Gasteiger partial charge in [0.1, 0.15) is 4.88 Å². The fourth-order valence-electron chi connectivity index (χ4n) is 2.33. The number of hydrogen-bond donors (Lipinski definition) is 1. The minimum Gasteiger partial charge on any atom is -0.392 e. The summed E-state index contributed by atoms with van der Waals surface area (Å²) < 4.78 is 0. The Kier molecular flexibility index (Phi) is 4.59. The third-order valence-corrected chi connectivity index (χ3v) is 4.62. The molecular formula is C12H15ClN2OS2. The van der Waals surface area contributed by atoms with Crippen molar-refractivity contribution in [3.8, 4) is 0 Å². The molecule has 98 valence electrons. The largest absolute Gasteiger partial charge is 0.392 e. The Labute approximate surface area is 121 Å². The Hall–Kier alpha value is -0.650. The number of thiocarbonyl (C=S) groups is 1. The second kappa shape index (κ2) is 5.99. The lowest BCUT2D eigenvalue weighted by atomic mass is 10.2. The number of amides is 1. The van der Waals surface area contributed by atoms with Gasteiger partial charge in [-0.15, -0.1) is 11.3 Å². The van der Waals surface area contributed by atoms with Gasteiger partial charge in [0, 0.05) is 6.04 Å². The summed E-state index contributed by atoms with van der Waals surface area (Å²) in [6.07, 6.45) is 4.36. The van der Waals surface area contributed by atoms with E-state index in [1.807, 2.05) is 5.38 Å². The number of nitrogens with two attached hydrogens (primary N) is 1. The smallest absolute Gasteiger partial charge is 0.266 e. The fraction of sp³-hybridized carbons (Fsp3) is 0.500. The third-order valence-electron chi connectivity index (χ3n) is 3.16. The van der Waals surface area contributed by atoms with Gasteiger partial charge in [-0.3, -0.25) is 4.79 Å². The number of nitrogens with zero attached hydrogens (tertiary/aromatic N) is 1. The molecule has 0 unspecified atom stereocenters. The lowest BCUT2D eigenvalue weighted by molar-refractivity contribution is 0.0720. The van der Waals surface area contributed by atoms with E-state index in [-0.39, 0.29) is 11.9 Å². The van der Waals surface area contributed by atoms with Crippen molar-refractivity contribution in [1.29, 1.82) is 0 Å². The highest BCUT2D eigenvalue weighted by molar-refractivity contribution is 7.80. The number of rotatable bonds is 4. The van der Waals surface area contributed by atoms with E-state index in [2.05, 4.69) is 0 Å². The maximum Gasteiger partial charge on any atom is 0.266 e. The molecule has 0 saturated heterocycles. The zero-order chi connectivity index (χ0) is 13.1. The van der Waals surface area contributed by atoms with Gasteiger partial charge in [0.05, 0.1) is 16.6 Å².